The molecule has 0 atom stereocenters. The van der Waals surface area contributed by atoms with Gasteiger partial charge in [0.2, 0.25) is 0 Å². The van der Waals surface area contributed by atoms with Crippen LogP contribution in [0.15, 0.2) is 304 Å². The lowest BCUT2D eigenvalue weighted by Crippen LogP contribution is -2.25. The molecule has 34 heteroatoms. The van der Waals surface area contributed by atoms with Crippen LogP contribution in [0.25, 0.3) is 5.57 Å². The summed E-state index contributed by atoms with van der Waals surface area (Å²) in [6, 6.07) is 66.2. The number of nitrogen functional groups attached to an aromatic ring is 1. The van der Waals surface area contributed by atoms with Crippen molar-refractivity contribution in [1.29, 1.82) is 0 Å². The lowest BCUT2D eigenvalue weighted by Gasteiger charge is -2.27. The summed E-state index contributed by atoms with van der Waals surface area (Å²) in [7, 11) is 2.50. The Kier molecular flexibility index (Phi) is 49.0. The van der Waals surface area contributed by atoms with E-state index in [0.717, 1.165) is 97.2 Å². The third kappa shape index (κ3) is 40.9. The van der Waals surface area contributed by atoms with Crippen LogP contribution in [0.3, 0.4) is 0 Å². The minimum Gasteiger partial charge on any atom is -0.464 e. The van der Waals surface area contributed by atoms with Crippen LogP contribution in [0.4, 0.5) is 125 Å². The summed E-state index contributed by atoms with van der Waals surface area (Å²) < 4.78 is 101. The number of nitrogens with one attached hydrogen (secondary N) is 7. The van der Waals surface area contributed by atoms with Gasteiger partial charge in [-0.25, -0.2) is 50.7 Å². The first-order valence-corrected chi connectivity index (χ1v) is 48.0. The number of carbonyl (C=O) groups is 7. The normalized spacial score (nSPS) is 10.6. The van der Waals surface area contributed by atoms with Crippen molar-refractivity contribution in [3.63, 3.8) is 0 Å². The van der Waals surface area contributed by atoms with Crippen molar-refractivity contribution in [3.05, 3.63) is 383 Å². The number of aliphatic hydroxyl groups excluding tert-OH is 1. The fourth-order valence-electron chi connectivity index (χ4n) is 14.5. The molecule has 12 rings (SSSR count). The molecule has 0 spiro atoms. The number of aliphatic hydroxyl groups is 1. The van der Waals surface area contributed by atoms with E-state index in [9.17, 15) is 55.5 Å². The summed E-state index contributed by atoms with van der Waals surface area (Å²) in [6.07, 6.45) is 15.2. The Balaban J connectivity index is 0.000000230. The first kappa shape index (κ1) is 118. The second-order valence-corrected chi connectivity index (χ2v) is 33.8. The number of halogens is 6. The van der Waals surface area contributed by atoms with E-state index in [4.69, 9.17) is 59.0 Å². The van der Waals surface area contributed by atoms with Gasteiger partial charge in [-0.15, -0.1) is 25.3 Å². The smallest absolute Gasteiger partial charge is 0.411 e. The molecule has 0 bridgehead atoms. The number of amides is 6. The van der Waals surface area contributed by atoms with Gasteiger partial charge in [0.05, 0.1) is 94.3 Å². The van der Waals surface area contributed by atoms with E-state index in [0.29, 0.717) is 121 Å². The Morgan fingerprint density at radius 3 is 1.22 bits per heavy atom. The molecule has 0 aliphatic carbocycles. The second kappa shape index (κ2) is 62.4. The third-order valence-corrected chi connectivity index (χ3v) is 22.0. The van der Waals surface area contributed by atoms with Gasteiger partial charge in [0.25, 0.3) is 0 Å². The Bertz CT molecular complexity index is 6520. The van der Waals surface area contributed by atoms with Gasteiger partial charge in [-0.2, -0.15) is 0 Å². The van der Waals surface area contributed by atoms with E-state index >= 15 is 0 Å². The highest BCUT2D eigenvalue weighted by atomic mass is 35.5. The molecule has 150 heavy (non-hydrogen) atoms. The van der Waals surface area contributed by atoms with E-state index in [1.165, 1.54) is 80.4 Å². The number of benzene rings is 11. The number of fused-ring (bicyclic) bond motifs is 1. The quantitative estimate of drug-likeness (QED) is 0.00251. The van der Waals surface area contributed by atoms with Gasteiger partial charge in [-0.05, 0) is 249 Å². The SMILES string of the molecule is C#CCCOC(=O)Cc1ccc(N(CC#C)Cc2ccc(F)cc2)cc1N.C=C(/C=C/CO)CN(Cc1ccc(F)cc1)c1ccc(NC(=O)OCC)c(NC(=O)OCC)c1.C=C(CN(Cc1ccc(F)cc1)c1ccc(NC(=O)OCC)c(NC(=O)OCC)c1)c1ccc(Cl)cc1.C=CCN(Cc1ccc(F)cc1)c1ccc2c(c1)NC(=C)C2.COC(=O)Nc1ccc(N(CC=C(C)C)Cc2ccc(F)cc2)cc1NC(=O)OC. The number of carbonyl (C=O) groups excluding carboxylic acids is 7. The molecule has 0 radical (unpaired) electrons. The highest BCUT2D eigenvalue weighted by molar-refractivity contribution is 6.30. The summed E-state index contributed by atoms with van der Waals surface area (Å²) in [6.45, 7) is 32.8. The first-order chi connectivity index (χ1) is 72.1. The van der Waals surface area contributed by atoms with Crippen molar-refractivity contribution in [2.45, 2.75) is 93.5 Å². The zero-order chi connectivity index (χ0) is 109. The van der Waals surface area contributed by atoms with Crippen LogP contribution < -0.4 is 67.5 Å². The third-order valence-electron chi connectivity index (χ3n) is 21.8. The molecule has 0 saturated carbocycles. The number of hydrogen-bond acceptors (Lipinski definition) is 22. The molecule has 11 aromatic rings. The van der Waals surface area contributed by atoms with Crippen LogP contribution in [0.2, 0.25) is 5.02 Å². The fourth-order valence-corrected chi connectivity index (χ4v) is 14.6. The number of allylic oxidation sites excluding steroid dienone is 2. The summed E-state index contributed by atoms with van der Waals surface area (Å²) in [5, 5.41) is 28.7. The van der Waals surface area contributed by atoms with Gasteiger partial charge in [0.1, 0.15) is 35.7 Å². The minimum atomic E-state index is -0.674. The molecular formula is C116H125ClF5N13O15. The number of terminal acetylenes is 2. The highest BCUT2D eigenvalue weighted by Crippen LogP contribution is 2.37. The van der Waals surface area contributed by atoms with Crippen molar-refractivity contribution in [2.75, 3.05) is 154 Å². The van der Waals surface area contributed by atoms with E-state index in [-0.39, 0.29) is 81.1 Å². The van der Waals surface area contributed by atoms with Crippen molar-refractivity contribution in [3.8, 4) is 24.7 Å². The van der Waals surface area contributed by atoms with Crippen LogP contribution in [-0.4, -0.2) is 134 Å². The maximum Gasteiger partial charge on any atom is 0.411 e. The number of ether oxygens (including phenoxy) is 7. The molecule has 1 heterocycles. The van der Waals surface area contributed by atoms with Gasteiger partial charge in [0.15, 0.2) is 0 Å². The molecule has 1 aliphatic heterocycles. The molecule has 786 valence electrons. The monoisotopic (exact) mass is 2070 g/mol. The van der Waals surface area contributed by atoms with Crippen LogP contribution in [0.5, 0.6) is 0 Å². The first-order valence-electron chi connectivity index (χ1n) is 47.6. The van der Waals surface area contributed by atoms with Crippen molar-refractivity contribution in [2.24, 2.45) is 0 Å². The molecule has 0 saturated heterocycles. The molecule has 6 amide bonds. The second-order valence-electron chi connectivity index (χ2n) is 33.4. The average Bonchev–Trinajstić information content (AvgIpc) is 1.49. The van der Waals surface area contributed by atoms with Crippen LogP contribution in [0, 0.1) is 53.8 Å². The van der Waals surface area contributed by atoms with Crippen molar-refractivity contribution in [1.82, 2.24) is 0 Å². The van der Waals surface area contributed by atoms with Gasteiger partial charge in [-0.3, -0.25) is 36.7 Å². The Morgan fingerprint density at radius 2 is 0.827 bits per heavy atom. The minimum absolute atomic E-state index is 0.0732. The molecule has 1 aliphatic rings. The van der Waals surface area contributed by atoms with E-state index in [2.05, 4.69) is 119 Å². The fraction of sp³-hybridized carbons (Fsp3) is 0.233. The molecule has 0 unspecified atom stereocenters. The number of nitrogens with zero attached hydrogens (tertiary/aromatic N) is 5. The zero-order valence-electron chi connectivity index (χ0n) is 85.0. The molecule has 10 N–H and O–H groups in total. The lowest BCUT2D eigenvalue weighted by atomic mass is 10.1. The molecule has 28 nitrogen and oxygen atoms in total. The predicted octanol–water partition coefficient (Wildman–Crippen LogP) is 25.2. The van der Waals surface area contributed by atoms with Gasteiger partial charge < -0.3 is 73.8 Å². The number of methoxy groups -OCH3 is 2. The summed E-state index contributed by atoms with van der Waals surface area (Å²) in [4.78, 5) is 93.7. The topological polar surface area (TPSA) is 331 Å². The van der Waals surface area contributed by atoms with Gasteiger partial charge >= 0.3 is 42.5 Å². The maximum absolute atomic E-state index is 13.5. The lowest BCUT2D eigenvalue weighted by molar-refractivity contribution is -0.142. The number of hydrogen-bond donors (Lipinski definition) is 9. The largest absolute Gasteiger partial charge is 0.464 e. The van der Waals surface area contributed by atoms with Crippen LogP contribution >= 0.6 is 11.6 Å². The van der Waals surface area contributed by atoms with Crippen LogP contribution in [-0.2, 0) is 83.5 Å². The number of anilines is 13. The molecule has 11 aromatic carbocycles. The summed E-state index contributed by atoms with van der Waals surface area (Å²) in [5.74, 6) is 3.20. The van der Waals surface area contributed by atoms with E-state index in [1.54, 1.807) is 161 Å². The average molecular weight is 2070 g/mol. The summed E-state index contributed by atoms with van der Waals surface area (Å²) >= 11 is 6.04. The van der Waals surface area contributed by atoms with Gasteiger partial charge in [0, 0.05) is 122 Å². The summed E-state index contributed by atoms with van der Waals surface area (Å²) in [5.41, 5.74) is 25.1. The maximum atomic E-state index is 13.5. The van der Waals surface area contributed by atoms with Gasteiger partial charge in [-0.1, -0.05) is 152 Å². The van der Waals surface area contributed by atoms with Crippen molar-refractivity contribution >= 4 is 134 Å². The Morgan fingerprint density at radius 1 is 0.460 bits per heavy atom. The predicted molar refractivity (Wildman–Crippen MR) is 587 cm³/mol. The van der Waals surface area contributed by atoms with E-state index < -0.39 is 36.6 Å². The standard InChI is InChI=1S/C28H29ClFN3O4.C25H30FN3O5.C22H26FN3O4.C22H21FN2O2.C19H19FN2/c1-4-36-27(34)31-25-15-14-24(16-26(25)32-28(35)37-5-2)33(18-20-6-12-23(30)13-7-20)17-19(3)21-8-10-22(29)11-9-21;1-4-33-24(31)27-22-13-12-21(15-23(22)28-25(32)34-5-2)29(16-18(3)7-6-14-30)17-19-8-10-20(26)11-9-19;1-15(2)11-12-26(14-16-5-7-17(23)8-6-16)18-9-10-19(24-21(27)29-3)20(13-18)25-22(28)30-4;1-3-5-13-27-22(26)14-18-8-11-20(15-21(18)24)25(12-4-2)16-17-6-9-19(23)10-7-17;1-3-10-22(13-15-4-7-17(20)8-5-15)18-9-6-16-11-14(2)21-19(16)12-18/h6-16H,3-5,17-18H2,1-2H3,(H,31,34)(H,32,35);6-13,15,30H,3-5,14,16-17H2,1-2H3,(H,27,31)(H,28,32);5-11,13H,12,14H2,1-4H3,(H,24,27)(H,25,28);1-2,6-11,15H,5,12-14,16,24H2;3-9,12,21H,1-2,10-11,13H2/b;7-6+;;;. The number of rotatable bonds is 41. The Hall–Kier alpha value is -17.4. The molecule has 0 aromatic heterocycles. The molecule has 0 fully saturated rings. The highest BCUT2D eigenvalue weighted by Gasteiger charge is 2.24. The Labute approximate surface area is 877 Å². The number of esters is 1. The molecular weight excluding hydrogens is 1950 g/mol. The van der Waals surface area contributed by atoms with Crippen LogP contribution in [0.1, 0.15) is 92.5 Å². The van der Waals surface area contributed by atoms with E-state index in [1.807, 2.05) is 71.0 Å². The zero-order valence-corrected chi connectivity index (χ0v) is 85.7. The number of nitrogens with two attached hydrogens (primary N) is 1. The van der Waals surface area contributed by atoms with Crippen molar-refractivity contribution < 1.29 is 93.8 Å².